The third kappa shape index (κ3) is 9.95. The average molecular weight is 324 g/mol. The minimum atomic E-state index is -1.22. The molecule has 0 radical (unpaired) electrons. The molecule has 1 N–H and O–H groups in total. The lowest BCUT2D eigenvalue weighted by Gasteiger charge is -2.22. The number of carbonyl (C=O) groups excluding carboxylic acids is 3. The van der Waals surface area contributed by atoms with E-state index in [0.29, 0.717) is 0 Å². The predicted molar refractivity (Wildman–Crippen MR) is 75.8 cm³/mol. The molecule has 0 aromatic carbocycles. The maximum absolute atomic E-state index is 11.7. The zero-order valence-corrected chi connectivity index (χ0v) is 13.7. The van der Waals surface area contributed by atoms with E-state index in [0.717, 1.165) is 0 Å². The van der Waals surface area contributed by atoms with E-state index in [1.165, 1.54) is 0 Å². The van der Waals surface area contributed by atoms with E-state index in [9.17, 15) is 14.4 Å². The Morgan fingerprint density at radius 1 is 1.19 bits per heavy atom. The van der Waals surface area contributed by atoms with Crippen LogP contribution < -0.4 is 5.32 Å². The molecular weight excluding hydrogens is 302 g/mol. The van der Waals surface area contributed by atoms with Gasteiger partial charge in [-0.3, -0.25) is 4.79 Å². The molecule has 0 aliphatic carbocycles. The van der Waals surface area contributed by atoms with Crippen LogP contribution in [0.3, 0.4) is 0 Å². The fourth-order valence-electron chi connectivity index (χ4n) is 1.28. The first-order valence-electron chi connectivity index (χ1n) is 6.46. The summed E-state index contributed by atoms with van der Waals surface area (Å²) >= 11 is 5.30. The quantitative estimate of drug-likeness (QED) is 0.456. The molecule has 0 heterocycles. The number of amides is 1. The summed E-state index contributed by atoms with van der Waals surface area (Å²) in [4.78, 5) is 34.9. The number of ether oxygens (including phenoxy) is 3. The van der Waals surface area contributed by atoms with E-state index in [1.807, 2.05) is 0 Å². The Morgan fingerprint density at radius 3 is 2.19 bits per heavy atom. The van der Waals surface area contributed by atoms with Gasteiger partial charge in [0.1, 0.15) is 11.6 Å². The van der Waals surface area contributed by atoms with Gasteiger partial charge in [0.15, 0.2) is 6.07 Å². The van der Waals surface area contributed by atoms with Gasteiger partial charge in [-0.05, 0) is 34.6 Å². The molecule has 0 aliphatic rings. The molecule has 0 aromatic heterocycles. The highest BCUT2D eigenvalue weighted by molar-refractivity contribution is 6.17. The number of halogens is 1. The second kappa shape index (κ2) is 8.71. The second-order valence-electron chi connectivity index (χ2n) is 5.51. The van der Waals surface area contributed by atoms with Crippen molar-refractivity contribution in [1.29, 1.82) is 0 Å². The number of hydrogen-bond acceptors (Lipinski definition) is 6. The number of alkyl carbamates (subject to hydrolysis) is 1. The lowest BCUT2D eigenvalue weighted by molar-refractivity contribution is -0.153. The number of carbonyl (C=O) groups is 3. The predicted octanol–water partition coefficient (Wildman–Crippen LogP) is 1.96. The summed E-state index contributed by atoms with van der Waals surface area (Å²) in [6.45, 7) is 8.36. The molecular formula is C13H22ClNO6. The minimum Gasteiger partial charge on any atom is -0.463 e. The maximum Gasteiger partial charge on any atom is 0.408 e. The van der Waals surface area contributed by atoms with Crippen LogP contribution in [0.25, 0.3) is 0 Å². The largest absolute Gasteiger partial charge is 0.463 e. The monoisotopic (exact) mass is 323 g/mol. The Morgan fingerprint density at radius 2 is 1.76 bits per heavy atom. The smallest absolute Gasteiger partial charge is 0.408 e. The van der Waals surface area contributed by atoms with Crippen molar-refractivity contribution in [3.05, 3.63) is 0 Å². The summed E-state index contributed by atoms with van der Waals surface area (Å²) in [7, 11) is 0. The van der Waals surface area contributed by atoms with Gasteiger partial charge in [-0.15, -0.1) is 0 Å². The molecule has 0 unspecified atom stereocenters. The standard InChI is InChI=1S/C13H22ClNO6/c1-8(2)20-10(16)6-9(11(17)19-7-14)15-12(18)21-13(3,4)5/h8-9H,6-7H2,1-5H3,(H,15,18)/t9-/m0/s1. The van der Waals surface area contributed by atoms with Crippen molar-refractivity contribution in [3.8, 4) is 0 Å². The van der Waals surface area contributed by atoms with E-state index in [-0.39, 0.29) is 18.6 Å². The fourth-order valence-corrected chi connectivity index (χ4v) is 1.38. The molecule has 8 heteroatoms. The number of rotatable bonds is 6. The normalized spacial score (nSPS) is 12.5. The molecule has 0 saturated carbocycles. The molecule has 0 spiro atoms. The molecule has 0 aromatic rings. The van der Waals surface area contributed by atoms with E-state index >= 15 is 0 Å². The molecule has 0 bridgehead atoms. The van der Waals surface area contributed by atoms with Crippen molar-refractivity contribution in [1.82, 2.24) is 5.32 Å². The van der Waals surface area contributed by atoms with Gasteiger partial charge in [-0.2, -0.15) is 0 Å². The van der Waals surface area contributed by atoms with Gasteiger partial charge in [-0.25, -0.2) is 9.59 Å². The highest BCUT2D eigenvalue weighted by Crippen LogP contribution is 2.08. The number of hydrogen-bond donors (Lipinski definition) is 1. The molecule has 0 saturated heterocycles. The Balaban J connectivity index is 4.71. The Labute approximate surface area is 129 Å². The highest BCUT2D eigenvalue weighted by atomic mass is 35.5. The first-order valence-corrected chi connectivity index (χ1v) is 7.00. The van der Waals surface area contributed by atoms with Crippen LogP contribution in [0.5, 0.6) is 0 Å². The van der Waals surface area contributed by atoms with Gasteiger partial charge in [0, 0.05) is 0 Å². The van der Waals surface area contributed by atoms with Gasteiger partial charge in [-0.1, -0.05) is 11.6 Å². The van der Waals surface area contributed by atoms with Crippen LogP contribution in [0.1, 0.15) is 41.0 Å². The summed E-state index contributed by atoms with van der Waals surface area (Å²) in [6.07, 6.45) is -1.53. The summed E-state index contributed by atoms with van der Waals surface area (Å²) in [5, 5.41) is 2.27. The zero-order valence-electron chi connectivity index (χ0n) is 12.9. The van der Waals surface area contributed by atoms with E-state index in [4.69, 9.17) is 21.1 Å². The summed E-state index contributed by atoms with van der Waals surface area (Å²) < 4.78 is 14.5. The third-order valence-electron chi connectivity index (χ3n) is 1.91. The highest BCUT2D eigenvalue weighted by Gasteiger charge is 2.28. The third-order valence-corrected chi connectivity index (χ3v) is 2.02. The van der Waals surface area contributed by atoms with Crippen LogP contribution in [-0.4, -0.2) is 41.8 Å². The second-order valence-corrected chi connectivity index (χ2v) is 5.73. The zero-order chi connectivity index (χ0) is 16.6. The van der Waals surface area contributed by atoms with Gasteiger partial charge < -0.3 is 19.5 Å². The first kappa shape index (κ1) is 19.5. The van der Waals surface area contributed by atoms with Crippen LogP contribution in [0.2, 0.25) is 0 Å². The molecule has 0 rings (SSSR count). The van der Waals surface area contributed by atoms with Crippen LogP contribution in [0, 0.1) is 0 Å². The minimum absolute atomic E-state index is 0.330. The topological polar surface area (TPSA) is 90.9 Å². The van der Waals surface area contributed by atoms with E-state index < -0.39 is 29.7 Å². The first-order chi connectivity index (χ1) is 9.55. The van der Waals surface area contributed by atoms with Crippen molar-refractivity contribution < 1.29 is 28.6 Å². The Hall–Kier alpha value is -1.50. The molecule has 7 nitrogen and oxygen atoms in total. The molecule has 122 valence electrons. The average Bonchev–Trinajstić information content (AvgIpc) is 2.24. The summed E-state index contributed by atoms with van der Waals surface area (Å²) in [5.41, 5.74) is -0.733. The fraction of sp³-hybridized carbons (Fsp3) is 0.769. The Kier molecular flexibility index (Phi) is 8.09. The molecule has 1 amide bonds. The van der Waals surface area contributed by atoms with Crippen molar-refractivity contribution in [2.24, 2.45) is 0 Å². The van der Waals surface area contributed by atoms with Crippen molar-refractivity contribution in [2.45, 2.75) is 58.8 Å². The molecule has 0 fully saturated rings. The van der Waals surface area contributed by atoms with Crippen molar-refractivity contribution >= 4 is 29.6 Å². The maximum atomic E-state index is 11.7. The van der Waals surface area contributed by atoms with Crippen LogP contribution in [0.15, 0.2) is 0 Å². The van der Waals surface area contributed by atoms with E-state index in [1.54, 1.807) is 34.6 Å². The lowest BCUT2D eigenvalue weighted by Crippen LogP contribution is -2.45. The summed E-state index contributed by atoms with van der Waals surface area (Å²) in [6, 6.07) is -1.60. The summed E-state index contributed by atoms with van der Waals surface area (Å²) in [5.74, 6) is -1.48. The van der Waals surface area contributed by atoms with Gasteiger partial charge in [0.05, 0.1) is 12.5 Å². The Bertz CT molecular complexity index is 377. The van der Waals surface area contributed by atoms with Gasteiger partial charge in [0.25, 0.3) is 0 Å². The van der Waals surface area contributed by atoms with Crippen LogP contribution >= 0.6 is 11.6 Å². The number of alkyl halides is 1. The number of esters is 2. The molecule has 21 heavy (non-hydrogen) atoms. The van der Waals surface area contributed by atoms with Gasteiger partial charge >= 0.3 is 18.0 Å². The van der Waals surface area contributed by atoms with E-state index in [2.05, 4.69) is 10.1 Å². The van der Waals surface area contributed by atoms with Crippen molar-refractivity contribution in [3.63, 3.8) is 0 Å². The lowest BCUT2D eigenvalue weighted by atomic mass is 10.2. The van der Waals surface area contributed by atoms with Crippen LogP contribution in [0.4, 0.5) is 4.79 Å². The molecule has 1 atom stereocenters. The number of nitrogens with one attached hydrogen (secondary N) is 1. The van der Waals surface area contributed by atoms with Crippen molar-refractivity contribution in [2.75, 3.05) is 6.07 Å². The van der Waals surface area contributed by atoms with Gasteiger partial charge in [0.2, 0.25) is 0 Å². The SMILES string of the molecule is CC(C)OC(=O)C[C@H](NC(=O)OC(C)(C)C)C(=O)OCCl. The van der Waals surface area contributed by atoms with Crippen LogP contribution in [-0.2, 0) is 23.8 Å². The molecule has 0 aliphatic heterocycles.